The molecule has 0 aromatic carbocycles. The van der Waals surface area contributed by atoms with Crippen molar-refractivity contribution in [2.75, 3.05) is 0 Å². The molecule has 4 nitrogen and oxygen atoms in total. The number of hydrogen-bond acceptors (Lipinski definition) is 3. The van der Waals surface area contributed by atoms with Gasteiger partial charge in [0.1, 0.15) is 0 Å². The monoisotopic (exact) mass is 315 g/mol. The zero-order chi connectivity index (χ0) is 13.4. The number of hydrogen-bond donors (Lipinski definition) is 1. The van der Waals surface area contributed by atoms with Gasteiger partial charge in [-0.3, -0.25) is 4.79 Å². The zero-order valence-electron chi connectivity index (χ0n) is 11.7. The maximum absolute atomic E-state index is 12.3. The minimum Gasteiger partial charge on any atom is -0.327 e. The molecule has 2 fully saturated rings. The van der Waals surface area contributed by atoms with Crippen molar-refractivity contribution in [1.29, 1.82) is 0 Å². The van der Waals surface area contributed by atoms with Gasteiger partial charge in [0, 0.05) is 30.6 Å². The van der Waals surface area contributed by atoms with Gasteiger partial charge in [-0.05, 0) is 37.5 Å². The molecule has 2 atom stereocenters. The largest absolute Gasteiger partial charge is 0.327 e. The van der Waals surface area contributed by atoms with E-state index in [1.807, 2.05) is 23.2 Å². The summed E-state index contributed by atoms with van der Waals surface area (Å²) in [6.45, 7) is 0. The van der Waals surface area contributed by atoms with Gasteiger partial charge in [0.05, 0.1) is 0 Å². The van der Waals surface area contributed by atoms with Gasteiger partial charge in [-0.25, -0.2) is 0 Å². The molecule has 2 N–H and O–H groups in total. The summed E-state index contributed by atoms with van der Waals surface area (Å²) in [4.78, 5) is 17.4. The van der Waals surface area contributed by atoms with Crippen LogP contribution < -0.4 is 10.5 Å². The van der Waals surface area contributed by atoms with Crippen molar-refractivity contribution in [2.45, 2.75) is 38.1 Å². The average Bonchev–Trinajstić information content (AvgIpc) is 2.74. The number of rotatable bonds is 1. The van der Waals surface area contributed by atoms with Gasteiger partial charge in [-0.15, -0.1) is 23.7 Å². The highest BCUT2D eigenvalue weighted by Crippen LogP contribution is 2.42. The van der Waals surface area contributed by atoms with Crippen LogP contribution in [0.4, 0.5) is 0 Å². The van der Waals surface area contributed by atoms with Crippen LogP contribution in [0.3, 0.4) is 0 Å². The molecule has 1 heterocycles. The van der Waals surface area contributed by atoms with Crippen LogP contribution in [0.5, 0.6) is 0 Å². The van der Waals surface area contributed by atoms with Crippen LogP contribution in [-0.2, 0) is 11.8 Å². The van der Waals surface area contributed by atoms with Crippen LogP contribution in [0.2, 0.25) is 0 Å². The highest BCUT2D eigenvalue weighted by Gasteiger charge is 2.40. The number of carbonyl (C=O) groups excluding carboxylic acids is 1. The maximum Gasteiger partial charge on any atom is 0.251 e. The summed E-state index contributed by atoms with van der Waals surface area (Å²) in [6, 6.07) is 0.315. The van der Waals surface area contributed by atoms with E-state index in [1.165, 1.54) is 30.6 Å². The fourth-order valence-corrected chi connectivity index (χ4v) is 4.35. The van der Waals surface area contributed by atoms with Gasteiger partial charge in [0.25, 0.3) is 5.91 Å². The van der Waals surface area contributed by atoms with Crippen molar-refractivity contribution < 1.29 is 4.79 Å². The number of thiazole rings is 1. The van der Waals surface area contributed by atoms with Gasteiger partial charge in [0.15, 0.2) is 4.80 Å². The van der Waals surface area contributed by atoms with Crippen LogP contribution >= 0.6 is 23.7 Å². The second-order valence-electron chi connectivity index (χ2n) is 5.94. The molecule has 0 radical (unpaired) electrons. The predicted octanol–water partition coefficient (Wildman–Crippen LogP) is 2.09. The first-order chi connectivity index (χ1) is 9.15. The lowest BCUT2D eigenvalue weighted by Crippen LogP contribution is -2.47. The zero-order valence-corrected chi connectivity index (χ0v) is 13.3. The van der Waals surface area contributed by atoms with Gasteiger partial charge in [-0.2, -0.15) is 4.99 Å². The Bertz CT molecular complexity index is 525. The molecule has 2 unspecified atom stereocenters. The summed E-state index contributed by atoms with van der Waals surface area (Å²) < 4.78 is 1.90. The van der Waals surface area contributed by atoms with Crippen LogP contribution in [-0.4, -0.2) is 16.5 Å². The fraction of sp³-hybridized carbons (Fsp3) is 0.714. The molecule has 3 rings (SSSR count). The molecule has 2 aliphatic carbocycles. The van der Waals surface area contributed by atoms with Crippen molar-refractivity contribution in [3.63, 3.8) is 0 Å². The van der Waals surface area contributed by atoms with Gasteiger partial charge >= 0.3 is 0 Å². The van der Waals surface area contributed by atoms with E-state index in [4.69, 9.17) is 5.73 Å². The number of aromatic nitrogens is 1. The minimum absolute atomic E-state index is 0. The lowest BCUT2D eigenvalue weighted by molar-refractivity contribution is -0.124. The van der Waals surface area contributed by atoms with E-state index >= 15 is 0 Å². The topological polar surface area (TPSA) is 60.4 Å². The Morgan fingerprint density at radius 3 is 2.60 bits per heavy atom. The lowest BCUT2D eigenvalue weighted by Gasteiger charge is -2.43. The van der Waals surface area contributed by atoms with E-state index in [0.29, 0.717) is 17.9 Å². The Hall–Kier alpha value is -0.650. The van der Waals surface area contributed by atoms with Gasteiger partial charge in [-0.1, -0.05) is 6.42 Å². The second kappa shape index (κ2) is 6.41. The van der Waals surface area contributed by atoms with Crippen LogP contribution in [0.15, 0.2) is 16.6 Å². The van der Waals surface area contributed by atoms with E-state index in [9.17, 15) is 4.79 Å². The Labute approximate surface area is 129 Å². The van der Waals surface area contributed by atoms with Gasteiger partial charge < -0.3 is 10.3 Å². The summed E-state index contributed by atoms with van der Waals surface area (Å²) in [6.07, 6.45) is 7.47. The minimum atomic E-state index is 0. The normalized spacial score (nSPS) is 33.6. The average molecular weight is 316 g/mol. The van der Waals surface area contributed by atoms with Crippen LogP contribution in [0, 0.1) is 17.8 Å². The van der Waals surface area contributed by atoms with Crippen molar-refractivity contribution in [3.05, 3.63) is 16.4 Å². The fourth-order valence-electron chi connectivity index (χ4n) is 3.61. The summed E-state index contributed by atoms with van der Waals surface area (Å²) in [5.74, 6) is 1.22. The quantitative estimate of drug-likeness (QED) is 0.862. The molecule has 1 aromatic heterocycles. The number of fused-ring (bicyclic) bond motifs is 2. The third-order valence-electron chi connectivity index (χ3n) is 4.73. The Morgan fingerprint density at radius 2 is 2.05 bits per heavy atom. The van der Waals surface area contributed by atoms with Crippen LogP contribution in [0.1, 0.15) is 32.1 Å². The van der Waals surface area contributed by atoms with E-state index in [2.05, 4.69) is 4.99 Å². The first-order valence-corrected chi connectivity index (χ1v) is 7.97. The Morgan fingerprint density at radius 1 is 1.40 bits per heavy atom. The number of nitrogens with two attached hydrogens (primary N) is 1. The summed E-state index contributed by atoms with van der Waals surface area (Å²) in [7, 11) is 1.92. The van der Waals surface area contributed by atoms with E-state index in [1.54, 1.807) is 0 Å². The molecule has 2 aliphatic rings. The Kier molecular flexibility index (Phi) is 5.04. The molecule has 0 aliphatic heterocycles. The molecule has 0 spiro atoms. The molecular weight excluding hydrogens is 294 g/mol. The lowest BCUT2D eigenvalue weighted by atomic mass is 9.65. The molecule has 2 bridgehead atoms. The van der Waals surface area contributed by atoms with E-state index in [-0.39, 0.29) is 24.2 Å². The van der Waals surface area contributed by atoms with Crippen molar-refractivity contribution in [3.8, 4) is 0 Å². The molecular formula is C14H22ClN3OS. The highest BCUT2D eigenvalue weighted by molar-refractivity contribution is 7.07. The highest BCUT2D eigenvalue weighted by atomic mass is 35.5. The van der Waals surface area contributed by atoms with Crippen LogP contribution in [0.25, 0.3) is 0 Å². The number of aryl methyl sites for hydroxylation is 1. The molecule has 1 aromatic rings. The third kappa shape index (κ3) is 3.00. The van der Waals surface area contributed by atoms with Crippen molar-refractivity contribution >= 4 is 29.7 Å². The predicted molar refractivity (Wildman–Crippen MR) is 82.6 cm³/mol. The second-order valence-corrected chi connectivity index (χ2v) is 6.82. The molecule has 2 saturated carbocycles. The smallest absolute Gasteiger partial charge is 0.251 e. The first kappa shape index (κ1) is 15.7. The SMILES string of the molecule is Cl.Cn1ccsc1=NC(=O)C1CC2CCCC(C1)C2N. The summed E-state index contributed by atoms with van der Waals surface area (Å²) in [5.41, 5.74) is 6.26. The summed E-state index contributed by atoms with van der Waals surface area (Å²) >= 11 is 1.51. The molecule has 0 saturated heterocycles. The number of carbonyl (C=O) groups is 1. The summed E-state index contributed by atoms with van der Waals surface area (Å²) in [5, 5.41) is 1.96. The Balaban J connectivity index is 0.00000147. The van der Waals surface area contributed by atoms with Gasteiger partial charge in [0.2, 0.25) is 0 Å². The molecule has 20 heavy (non-hydrogen) atoms. The third-order valence-corrected chi connectivity index (χ3v) is 5.58. The van der Waals surface area contributed by atoms with Crippen molar-refractivity contribution in [1.82, 2.24) is 4.57 Å². The molecule has 1 amide bonds. The number of halogens is 1. The standard InChI is InChI=1S/C14H21N3OS.ClH/c1-17-5-6-19-14(17)16-13(18)11-7-9-3-2-4-10(8-11)12(9)15;/h5-6,9-12H,2-4,7-8,15H2,1H3;1H. The number of amides is 1. The van der Waals surface area contributed by atoms with E-state index in [0.717, 1.165) is 17.6 Å². The van der Waals surface area contributed by atoms with E-state index < -0.39 is 0 Å². The molecule has 6 heteroatoms. The molecule has 112 valence electrons. The maximum atomic E-state index is 12.3. The number of nitrogens with zero attached hydrogens (tertiary/aromatic N) is 2. The first-order valence-electron chi connectivity index (χ1n) is 7.09. The van der Waals surface area contributed by atoms with Crippen molar-refractivity contribution in [2.24, 2.45) is 35.5 Å².